The Labute approximate surface area is 305 Å². The first-order valence-electron chi connectivity index (χ1n) is 17.0. The Morgan fingerprint density at radius 2 is 1.20 bits per heavy atom. The number of hydrogen-bond acceptors (Lipinski definition) is 5. The molecule has 1 aliphatic heterocycles. The third-order valence-electron chi connectivity index (χ3n) is 9.39. The first-order valence-corrected chi connectivity index (χ1v) is 19.9. The van der Waals surface area contributed by atoms with Gasteiger partial charge in [-0.2, -0.15) is 0 Å². The zero-order chi connectivity index (χ0) is 34.4. The lowest BCUT2D eigenvalue weighted by Crippen LogP contribution is -2.68. The Bertz CT molecular complexity index is 1740. The highest BCUT2D eigenvalue weighted by Crippen LogP contribution is 2.45. The quantitative estimate of drug-likeness (QED) is 0.107. The molecule has 1 fully saturated rings. The van der Waals surface area contributed by atoms with Crippen LogP contribution in [0, 0.1) is 3.57 Å². The maximum Gasteiger partial charge on any atom is 0.320 e. The second-order valence-electron chi connectivity index (χ2n) is 13.7. The highest BCUT2D eigenvalue weighted by molar-refractivity contribution is 14.1. The molecule has 0 radical (unpaired) electrons. The first-order chi connectivity index (χ1) is 23.7. The molecule has 0 spiro atoms. The fraction of sp³-hybridized carbons (Fsp3) is 0.286. The number of rotatable bonds is 11. The van der Waals surface area contributed by atoms with Crippen LogP contribution in [-0.2, 0) is 27.4 Å². The van der Waals surface area contributed by atoms with Crippen molar-refractivity contribution in [2.75, 3.05) is 0 Å². The minimum absolute atomic E-state index is 0.179. The van der Waals surface area contributed by atoms with Gasteiger partial charge in [-0.3, -0.25) is 0 Å². The summed E-state index contributed by atoms with van der Waals surface area (Å²) in [5, 5.41) is 14.0. The van der Waals surface area contributed by atoms with Crippen molar-refractivity contribution in [1.29, 1.82) is 0 Å². The number of phenols is 1. The number of aromatic hydroxyl groups is 1. The largest absolute Gasteiger partial charge is 0.533 e. The lowest BCUT2D eigenvalue weighted by atomic mass is 9.93. The van der Waals surface area contributed by atoms with E-state index in [1.54, 1.807) is 0 Å². The molecule has 6 rings (SSSR count). The maximum absolute atomic E-state index is 11.8. The Morgan fingerprint density at radius 3 is 1.71 bits per heavy atom. The van der Waals surface area contributed by atoms with Gasteiger partial charge in [-0.25, -0.2) is 0 Å². The Kier molecular flexibility index (Phi) is 11.3. The van der Waals surface area contributed by atoms with Crippen LogP contribution in [0.25, 0.3) is 0 Å². The number of halogens is 1. The van der Waals surface area contributed by atoms with Gasteiger partial charge in [0.05, 0.1) is 35.1 Å². The van der Waals surface area contributed by atoms with Crippen LogP contribution in [0.1, 0.15) is 56.9 Å². The molecule has 1 saturated heterocycles. The molecule has 1 heterocycles. The van der Waals surface area contributed by atoms with Crippen molar-refractivity contribution < 1.29 is 23.7 Å². The average molecular weight is 785 g/mol. The summed E-state index contributed by atoms with van der Waals surface area (Å²) in [6.45, 7) is 9.72. The van der Waals surface area contributed by atoms with Gasteiger partial charge < -0.3 is 23.7 Å². The third-order valence-corrected chi connectivity index (χ3v) is 15.4. The summed E-state index contributed by atoms with van der Waals surface area (Å²) in [7, 11) is -2.90. The molecule has 1 N–H and O–H groups in total. The van der Waals surface area contributed by atoms with E-state index >= 15 is 0 Å². The van der Waals surface area contributed by atoms with E-state index in [1.165, 1.54) is 10.4 Å². The van der Waals surface area contributed by atoms with Crippen molar-refractivity contribution in [3.05, 3.63) is 154 Å². The third kappa shape index (κ3) is 7.81. The number of benzene rings is 5. The van der Waals surface area contributed by atoms with Crippen LogP contribution in [0.5, 0.6) is 11.5 Å². The molecular formula is C42H45IO5Si. The summed E-state index contributed by atoms with van der Waals surface area (Å²) in [6.07, 6.45) is -0.646. The fourth-order valence-electron chi connectivity index (χ4n) is 6.90. The van der Waals surface area contributed by atoms with Gasteiger partial charge in [-0.1, -0.05) is 142 Å². The summed E-state index contributed by atoms with van der Waals surface area (Å²) in [5.41, 5.74) is 2.92. The summed E-state index contributed by atoms with van der Waals surface area (Å²) in [5.74, 6) is 0.847. The predicted octanol–water partition coefficient (Wildman–Crippen LogP) is 8.96. The predicted molar refractivity (Wildman–Crippen MR) is 207 cm³/mol. The van der Waals surface area contributed by atoms with E-state index in [-0.39, 0.29) is 35.2 Å². The van der Waals surface area contributed by atoms with Crippen molar-refractivity contribution in [2.24, 2.45) is 0 Å². The van der Waals surface area contributed by atoms with Gasteiger partial charge in [-0.05, 0) is 68.2 Å². The molecule has 1 aliphatic rings. The van der Waals surface area contributed by atoms with Gasteiger partial charge >= 0.3 is 8.32 Å². The lowest BCUT2D eigenvalue weighted by molar-refractivity contribution is -0.204. The average Bonchev–Trinajstić information content (AvgIpc) is 3.12. The maximum atomic E-state index is 11.8. The number of ether oxygens (including phenoxy) is 3. The van der Waals surface area contributed by atoms with E-state index < -0.39 is 8.32 Å². The first kappa shape index (κ1) is 35.4. The van der Waals surface area contributed by atoms with Gasteiger partial charge in [-0.15, -0.1) is 0 Å². The minimum Gasteiger partial charge on any atom is -0.533 e. The summed E-state index contributed by atoms with van der Waals surface area (Å²) in [6, 6.07) is 45.4. The smallest absolute Gasteiger partial charge is 0.320 e. The van der Waals surface area contributed by atoms with Gasteiger partial charge in [0.15, 0.2) is 0 Å². The molecule has 0 aliphatic carbocycles. The van der Waals surface area contributed by atoms with E-state index in [1.807, 2.05) is 67.6 Å². The molecule has 0 aromatic heterocycles. The fourth-order valence-corrected chi connectivity index (χ4v) is 12.1. The number of phenolic OH excluding ortho intramolecular Hbond substituents is 1. The van der Waals surface area contributed by atoms with E-state index in [2.05, 4.69) is 116 Å². The summed E-state index contributed by atoms with van der Waals surface area (Å²) in [4.78, 5) is 0. The van der Waals surface area contributed by atoms with Crippen LogP contribution >= 0.6 is 22.6 Å². The summed E-state index contributed by atoms with van der Waals surface area (Å²) >= 11 is 2.23. The molecule has 0 saturated carbocycles. The van der Waals surface area contributed by atoms with Crippen LogP contribution < -0.4 is 14.8 Å². The van der Waals surface area contributed by atoms with Crippen LogP contribution in [-0.4, -0.2) is 31.7 Å². The SMILES string of the molecule is C[C@H]1O[C@@H](c2ccc(O[Si](c3ccccc3)(c3ccccc3)C(C)(C)C)c(I)c2O)C[C@@H](OCc2ccccc2)[C@@H]1OCc1ccccc1. The monoisotopic (exact) mass is 784 g/mol. The van der Waals surface area contributed by atoms with Crippen molar-refractivity contribution in [2.45, 2.75) is 76.8 Å². The minimum atomic E-state index is -2.90. The highest BCUT2D eigenvalue weighted by Gasteiger charge is 2.52. The van der Waals surface area contributed by atoms with Crippen LogP contribution in [0.3, 0.4) is 0 Å². The van der Waals surface area contributed by atoms with E-state index in [0.717, 1.165) is 16.7 Å². The molecule has 4 atom stereocenters. The van der Waals surface area contributed by atoms with E-state index in [0.29, 0.717) is 29.0 Å². The van der Waals surface area contributed by atoms with Gasteiger partial charge in [0.1, 0.15) is 17.6 Å². The van der Waals surface area contributed by atoms with Crippen molar-refractivity contribution in [3.8, 4) is 11.5 Å². The van der Waals surface area contributed by atoms with Crippen LogP contribution in [0.4, 0.5) is 0 Å². The standard InChI is InChI=1S/C42H45IO5Si/c1-30-41(46-29-32-19-11-6-12-20-32)38(45-28-31-17-9-5-10-18-31)27-37(47-30)35-25-26-36(39(43)40(35)44)48-49(42(2,3)4,33-21-13-7-14-22-33)34-23-15-8-16-24-34/h5-26,30,37-38,41,44H,27-29H2,1-4H3/t30-,37-,38-,41-/m1/s1. The number of hydrogen-bond donors (Lipinski definition) is 1. The van der Waals surface area contributed by atoms with Crippen LogP contribution in [0.15, 0.2) is 133 Å². The van der Waals surface area contributed by atoms with E-state index in [9.17, 15) is 5.11 Å². The molecule has 0 bridgehead atoms. The molecule has 0 unspecified atom stereocenters. The summed E-state index contributed by atoms with van der Waals surface area (Å²) < 4.78 is 27.7. The molecular weight excluding hydrogens is 739 g/mol. The van der Waals surface area contributed by atoms with Gasteiger partial charge in [0, 0.05) is 12.0 Å². The lowest BCUT2D eigenvalue weighted by Gasteiger charge is -2.43. The zero-order valence-electron chi connectivity index (χ0n) is 28.6. The second-order valence-corrected chi connectivity index (χ2v) is 19.0. The Balaban J connectivity index is 1.30. The topological polar surface area (TPSA) is 57.2 Å². The van der Waals surface area contributed by atoms with Gasteiger partial charge in [0.2, 0.25) is 0 Å². The second kappa shape index (κ2) is 15.6. The molecule has 7 heteroatoms. The molecule has 49 heavy (non-hydrogen) atoms. The molecule has 5 nitrogen and oxygen atoms in total. The van der Waals surface area contributed by atoms with E-state index in [4.69, 9.17) is 18.6 Å². The molecule has 254 valence electrons. The Morgan fingerprint density at radius 1 is 0.714 bits per heavy atom. The molecule has 0 amide bonds. The zero-order valence-corrected chi connectivity index (χ0v) is 31.7. The molecule has 5 aromatic rings. The highest BCUT2D eigenvalue weighted by atomic mass is 127. The van der Waals surface area contributed by atoms with Crippen molar-refractivity contribution in [1.82, 2.24) is 0 Å². The van der Waals surface area contributed by atoms with Crippen molar-refractivity contribution >= 4 is 41.3 Å². The van der Waals surface area contributed by atoms with Crippen molar-refractivity contribution in [3.63, 3.8) is 0 Å². The molecule has 5 aromatic carbocycles. The Hall–Kier alpha value is -3.47. The van der Waals surface area contributed by atoms with Gasteiger partial charge in [0.25, 0.3) is 0 Å². The normalized spacial score (nSPS) is 19.8. The van der Waals surface area contributed by atoms with Crippen LogP contribution in [0.2, 0.25) is 5.04 Å².